The average Bonchev–Trinajstić information content (AvgIpc) is 2.97. The molecule has 0 N–H and O–H groups in total. The molecular weight excluding hydrogens is 315 g/mol. The molecule has 3 nitrogen and oxygen atoms in total. The van der Waals surface area contributed by atoms with E-state index in [0.29, 0.717) is 9.24 Å². The van der Waals surface area contributed by atoms with Gasteiger partial charge >= 0.3 is 6.18 Å². The summed E-state index contributed by atoms with van der Waals surface area (Å²) < 4.78 is 43.0. The lowest BCUT2D eigenvalue weighted by Gasteiger charge is -2.22. The molecule has 20 heavy (non-hydrogen) atoms. The Morgan fingerprint density at radius 3 is 2.60 bits per heavy atom. The Bertz CT molecular complexity index is 580. The van der Waals surface area contributed by atoms with E-state index in [9.17, 15) is 18.0 Å². The molecule has 0 atom stereocenters. The highest BCUT2D eigenvalue weighted by Gasteiger charge is 2.34. The van der Waals surface area contributed by atoms with Crippen molar-refractivity contribution in [1.29, 1.82) is 0 Å². The molecule has 2 heterocycles. The van der Waals surface area contributed by atoms with Crippen molar-refractivity contribution in [1.82, 2.24) is 4.90 Å². The van der Waals surface area contributed by atoms with Crippen LogP contribution in [-0.2, 0) is 6.54 Å². The van der Waals surface area contributed by atoms with E-state index in [1.165, 1.54) is 24.5 Å². The number of hydrogen-bond donors (Lipinski definition) is 0. The van der Waals surface area contributed by atoms with Gasteiger partial charge < -0.3 is 9.32 Å². The summed E-state index contributed by atoms with van der Waals surface area (Å²) >= 11 is 6.63. The van der Waals surface area contributed by atoms with Gasteiger partial charge in [0.1, 0.15) is 12.3 Å². The van der Waals surface area contributed by atoms with Crippen LogP contribution in [-0.4, -0.2) is 23.5 Å². The monoisotopic (exact) mass is 323 g/mol. The van der Waals surface area contributed by atoms with Crippen molar-refractivity contribution in [3.05, 3.63) is 45.5 Å². The summed E-state index contributed by atoms with van der Waals surface area (Å²) in [6.07, 6.45) is -3.14. The molecule has 2 aromatic rings. The van der Waals surface area contributed by atoms with Crippen molar-refractivity contribution in [2.24, 2.45) is 0 Å². The molecule has 0 aliphatic carbocycles. The standard InChI is InChI=1S/C12H9ClF3NO2S/c13-10-4-3-9(20-10)11(18)17(7-12(14,15)16)6-8-2-1-5-19-8/h1-5H,6-7H2. The third-order valence-electron chi connectivity index (χ3n) is 2.37. The maximum atomic E-state index is 12.6. The summed E-state index contributed by atoms with van der Waals surface area (Å²) in [5.74, 6) is -0.444. The molecule has 0 fully saturated rings. The van der Waals surface area contributed by atoms with Gasteiger partial charge in [0.05, 0.1) is 22.0 Å². The van der Waals surface area contributed by atoms with Crippen LogP contribution in [0.3, 0.4) is 0 Å². The van der Waals surface area contributed by atoms with Crippen LogP contribution in [0.15, 0.2) is 34.9 Å². The largest absolute Gasteiger partial charge is 0.467 e. The molecule has 1 amide bonds. The number of thiophene rings is 1. The minimum atomic E-state index is -4.48. The molecule has 0 unspecified atom stereocenters. The number of nitrogens with zero attached hydrogens (tertiary/aromatic N) is 1. The van der Waals surface area contributed by atoms with Crippen LogP contribution in [0.1, 0.15) is 15.4 Å². The Labute approximate surface area is 121 Å². The van der Waals surface area contributed by atoms with E-state index in [4.69, 9.17) is 16.0 Å². The second kappa shape index (κ2) is 5.88. The highest BCUT2D eigenvalue weighted by atomic mass is 35.5. The first-order valence-corrected chi connectivity index (χ1v) is 6.68. The van der Waals surface area contributed by atoms with E-state index < -0.39 is 18.6 Å². The quantitative estimate of drug-likeness (QED) is 0.845. The predicted octanol–water partition coefficient (Wildman–Crippen LogP) is 4.20. The van der Waals surface area contributed by atoms with E-state index in [-0.39, 0.29) is 17.2 Å². The second-order valence-corrected chi connectivity index (χ2v) is 5.67. The molecule has 0 spiro atoms. The van der Waals surface area contributed by atoms with Gasteiger partial charge in [-0.1, -0.05) is 11.6 Å². The minimum Gasteiger partial charge on any atom is -0.467 e. The zero-order valence-electron chi connectivity index (χ0n) is 9.98. The first kappa shape index (κ1) is 14.9. The number of hydrogen-bond acceptors (Lipinski definition) is 3. The van der Waals surface area contributed by atoms with E-state index >= 15 is 0 Å². The Kier molecular flexibility index (Phi) is 4.39. The molecule has 0 saturated carbocycles. The zero-order valence-corrected chi connectivity index (χ0v) is 11.6. The summed E-state index contributed by atoms with van der Waals surface area (Å²) in [6.45, 7) is -1.59. The summed E-state index contributed by atoms with van der Waals surface area (Å²) in [4.78, 5) is 12.9. The zero-order chi connectivity index (χ0) is 14.8. The molecule has 0 bridgehead atoms. The highest BCUT2D eigenvalue weighted by molar-refractivity contribution is 7.17. The van der Waals surface area contributed by atoms with Crippen LogP contribution in [0.5, 0.6) is 0 Å². The first-order chi connectivity index (χ1) is 9.35. The highest BCUT2D eigenvalue weighted by Crippen LogP contribution is 2.25. The minimum absolute atomic E-state index is 0.158. The van der Waals surface area contributed by atoms with E-state index in [0.717, 1.165) is 11.3 Å². The van der Waals surface area contributed by atoms with Crippen molar-refractivity contribution in [3.63, 3.8) is 0 Å². The average molecular weight is 324 g/mol. The molecule has 2 rings (SSSR count). The number of amides is 1. The predicted molar refractivity (Wildman–Crippen MR) is 68.8 cm³/mol. The normalized spacial score (nSPS) is 11.6. The summed E-state index contributed by atoms with van der Waals surface area (Å²) in [7, 11) is 0. The number of halogens is 4. The number of carbonyl (C=O) groups excluding carboxylic acids is 1. The van der Waals surface area contributed by atoms with Crippen LogP contribution in [0.2, 0.25) is 4.34 Å². The molecule has 8 heteroatoms. The summed E-state index contributed by atoms with van der Waals surface area (Å²) in [5.41, 5.74) is 0. The van der Waals surface area contributed by atoms with Crippen molar-refractivity contribution in [2.75, 3.05) is 6.54 Å². The third kappa shape index (κ3) is 4.01. The van der Waals surface area contributed by atoms with Gasteiger partial charge in [-0.3, -0.25) is 4.79 Å². The lowest BCUT2D eigenvalue weighted by Crippen LogP contribution is -2.38. The van der Waals surface area contributed by atoms with Crippen molar-refractivity contribution < 1.29 is 22.4 Å². The Hall–Kier alpha value is -1.47. The van der Waals surface area contributed by atoms with E-state index in [1.54, 1.807) is 6.07 Å². The summed E-state index contributed by atoms with van der Waals surface area (Å²) in [6, 6.07) is 5.94. The molecular formula is C12H9ClF3NO2S. The van der Waals surface area contributed by atoms with Crippen LogP contribution >= 0.6 is 22.9 Å². The van der Waals surface area contributed by atoms with Gasteiger partial charge in [-0.15, -0.1) is 11.3 Å². The molecule has 0 saturated heterocycles. The number of alkyl halides is 3. The number of rotatable bonds is 4. The van der Waals surface area contributed by atoms with Gasteiger partial charge in [-0.25, -0.2) is 0 Å². The van der Waals surface area contributed by atoms with Crippen LogP contribution in [0.25, 0.3) is 0 Å². The molecule has 0 aliphatic heterocycles. The van der Waals surface area contributed by atoms with Crippen LogP contribution in [0, 0.1) is 0 Å². The van der Waals surface area contributed by atoms with Crippen molar-refractivity contribution in [2.45, 2.75) is 12.7 Å². The second-order valence-electron chi connectivity index (χ2n) is 3.96. The Balaban J connectivity index is 2.19. The third-order valence-corrected chi connectivity index (χ3v) is 3.59. The maximum Gasteiger partial charge on any atom is 0.406 e. The van der Waals surface area contributed by atoms with E-state index in [1.807, 2.05) is 0 Å². The fourth-order valence-corrected chi connectivity index (χ4v) is 2.60. The van der Waals surface area contributed by atoms with E-state index in [2.05, 4.69) is 0 Å². The fourth-order valence-electron chi connectivity index (χ4n) is 1.59. The van der Waals surface area contributed by atoms with Crippen molar-refractivity contribution >= 4 is 28.8 Å². The Morgan fingerprint density at radius 1 is 1.35 bits per heavy atom. The molecule has 108 valence electrons. The van der Waals surface area contributed by atoms with Crippen molar-refractivity contribution in [3.8, 4) is 0 Å². The maximum absolute atomic E-state index is 12.6. The molecule has 0 radical (unpaired) electrons. The fraction of sp³-hybridized carbons (Fsp3) is 0.250. The number of carbonyl (C=O) groups is 1. The molecule has 0 aliphatic rings. The molecule has 2 aromatic heterocycles. The van der Waals surface area contributed by atoms with Gasteiger partial charge in [0, 0.05) is 0 Å². The van der Waals surface area contributed by atoms with Gasteiger partial charge in [-0.05, 0) is 24.3 Å². The van der Waals surface area contributed by atoms with Gasteiger partial charge in [-0.2, -0.15) is 13.2 Å². The van der Waals surface area contributed by atoms with Gasteiger partial charge in [0.15, 0.2) is 0 Å². The smallest absolute Gasteiger partial charge is 0.406 e. The summed E-state index contributed by atoms with van der Waals surface area (Å²) in [5, 5.41) is 0. The number of furan rings is 1. The lowest BCUT2D eigenvalue weighted by molar-refractivity contribution is -0.142. The Morgan fingerprint density at radius 2 is 2.10 bits per heavy atom. The van der Waals surface area contributed by atoms with Crippen LogP contribution < -0.4 is 0 Å². The van der Waals surface area contributed by atoms with Gasteiger partial charge in [0.2, 0.25) is 0 Å². The topological polar surface area (TPSA) is 33.5 Å². The van der Waals surface area contributed by atoms with Crippen LogP contribution in [0.4, 0.5) is 13.2 Å². The first-order valence-electron chi connectivity index (χ1n) is 5.49. The lowest BCUT2D eigenvalue weighted by atomic mass is 10.3. The molecule has 0 aromatic carbocycles. The van der Waals surface area contributed by atoms with Gasteiger partial charge in [0.25, 0.3) is 5.91 Å². The SMILES string of the molecule is O=C(c1ccc(Cl)s1)N(Cc1ccco1)CC(F)(F)F.